The average Bonchev–Trinajstić information content (AvgIpc) is 2.80. The van der Waals surface area contributed by atoms with Gasteiger partial charge in [-0.15, -0.1) is 0 Å². The minimum atomic E-state index is -0.617. The summed E-state index contributed by atoms with van der Waals surface area (Å²) < 4.78 is 5.89. The highest BCUT2D eigenvalue weighted by Crippen LogP contribution is 2.30. The van der Waals surface area contributed by atoms with Gasteiger partial charge in [-0.1, -0.05) is 51.1 Å². The van der Waals surface area contributed by atoms with Crippen LogP contribution in [-0.4, -0.2) is 34.6 Å². The molecule has 1 aliphatic heterocycles. The highest BCUT2D eigenvalue weighted by Gasteiger charge is 2.43. The Hall–Kier alpha value is -2.32. The molecule has 5 heteroatoms. The molecule has 5 nitrogen and oxygen atoms in total. The molecule has 0 saturated carbocycles. The van der Waals surface area contributed by atoms with Gasteiger partial charge in [0.2, 0.25) is 0 Å². The van der Waals surface area contributed by atoms with Crippen molar-refractivity contribution in [3.63, 3.8) is 0 Å². The zero-order valence-corrected chi connectivity index (χ0v) is 15.3. The molecule has 1 aromatic carbocycles. The van der Waals surface area contributed by atoms with E-state index >= 15 is 0 Å². The summed E-state index contributed by atoms with van der Waals surface area (Å²) in [6, 6.07) is 10.9. The third-order valence-corrected chi connectivity index (χ3v) is 4.36. The second kappa shape index (κ2) is 7.71. The Kier molecular flexibility index (Phi) is 5.86. The number of hydrogen-bond acceptors (Lipinski definition) is 4. The third-order valence-electron chi connectivity index (χ3n) is 4.36. The SMILES string of the molecule is C[C@H](OCc1ccccc1)C1C(O)=C(C#N)C(=O)N1CCC(C)(C)C. The highest BCUT2D eigenvalue weighted by atomic mass is 16.5. The summed E-state index contributed by atoms with van der Waals surface area (Å²) in [5.41, 5.74) is 0.891. The van der Waals surface area contributed by atoms with Gasteiger partial charge >= 0.3 is 0 Å². The molecule has 134 valence electrons. The van der Waals surface area contributed by atoms with E-state index in [-0.39, 0.29) is 16.7 Å². The van der Waals surface area contributed by atoms with Gasteiger partial charge in [0.25, 0.3) is 5.91 Å². The lowest BCUT2D eigenvalue weighted by Crippen LogP contribution is -2.44. The quantitative estimate of drug-likeness (QED) is 0.857. The first-order valence-corrected chi connectivity index (χ1v) is 8.54. The number of aliphatic hydroxyl groups excluding tert-OH is 1. The van der Waals surface area contributed by atoms with Crippen LogP contribution >= 0.6 is 0 Å². The maximum atomic E-state index is 12.5. The van der Waals surface area contributed by atoms with Crippen LogP contribution in [-0.2, 0) is 16.1 Å². The number of nitrogens with zero attached hydrogens (tertiary/aromatic N) is 2. The number of aliphatic hydroxyl groups is 1. The lowest BCUT2D eigenvalue weighted by Gasteiger charge is -2.32. The first-order valence-electron chi connectivity index (χ1n) is 8.54. The van der Waals surface area contributed by atoms with Crippen molar-refractivity contribution in [2.24, 2.45) is 5.41 Å². The van der Waals surface area contributed by atoms with Gasteiger partial charge in [-0.2, -0.15) is 5.26 Å². The Bertz CT molecular complexity index is 683. The number of benzene rings is 1. The van der Waals surface area contributed by atoms with Crippen molar-refractivity contribution in [2.45, 2.75) is 52.9 Å². The van der Waals surface area contributed by atoms with Crippen molar-refractivity contribution in [3.8, 4) is 6.07 Å². The minimum absolute atomic E-state index is 0.0456. The maximum Gasteiger partial charge on any atom is 0.268 e. The average molecular weight is 342 g/mol. The molecular weight excluding hydrogens is 316 g/mol. The van der Waals surface area contributed by atoms with Crippen LogP contribution in [0, 0.1) is 16.7 Å². The molecule has 25 heavy (non-hydrogen) atoms. The molecule has 0 bridgehead atoms. The first-order chi connectivity index (χ1) is 11.7. The zero-order chi connectivity index (χ0) is 18.6. The summed E-state index contributed by atoms with van der Waals surface area (Å²) in [4.78, 5) is 14.0. The number of carbonyl (C=O) groups is 1. The van der Waals surface area contributed by atoms with Crippen LogP contribution in [0.25, 0.3) is 0 Å². The maximum absolute atomic E-state index is 12.5. The molecule has 1 aromatic rings. The molecule has 0 radical (unpaired) electrons. The molecule has 0 aliphatic carbocycles. The Morgan fingerprint density at radius 3 is 2.52 bits per heavy atom. The van der Waals surface area contributed by atoms with E-state index in [1.54, 1.807) is 4.90 Å². The molecule has 2 rings (SSSR count). The summed E-state index contributed by atoms with van der Waals surface area (Å²) in [6.07, 6.45) is 0.349. The largest absolute Gasteiger partial charge is 0.508 e. The molecule has 1 heterocycles. The molecule has 0 saturated heterocycles. The second-order valence-corrected chi connectivity index (χ2v) is 7.63. The van der Waals surface area contributed by atoms with E-state index in [9.17, 15) is 15.2 Å². The lowest BCUT2D eigenvalue weighted by atomic mass is 9.92. The van der Waals surface area contributed by atoms with Gasteiger partial charge < -0.3 is 14.7 Å². The smallest absolute Gasteiger partial charge is 0.268 e. The summed E-state index contributed by atoms with van der Waals surface area (Å²) >= 11 is 0. The van der Waals surface area contributed by atoms with E-state index in [2.05, 4.69) is 20.8 Å². The minimum Gasteiger partial charge on any atom is -0.508 e. The van der Waals surface area contributed by atoms with Gasteiger partial charge in [0.15, 0.2) is 5.57 Å². The first kappa shape index (κ1) is 19.0. The predicted molar refractivity (Wildman–Crippen MR) is 95.5 cm³/mol. The summed E-state index contributed by atoms with van der Waals surface area (Å²) in [7, 11) is 0. The van der Waals surface area contributed by atoms with Gasteiger partial charge in [0, 0.05) is 6.54 Å². The molecule has 0 spiro atoms. The Balaban J connectivity index is 2.13. The van der Waals surface area contributed by atoms with Gasteiger partial charge in [-0.05, 0) is 24.3 Å². The molecule has 0 fully saturated rings. The monoisotopic (exact) mass is 342 g/mol. The van der Waals surface area contributed by atoms with Gasteiger partial charge in [-0.25, -0.2) is 0 Å². The van der Waals surface area contributed by atoms with Crippen LogP contribution in [0.15, 0.2) is 41.7 Å². The number of hydrogen-bond donors (Lipinski definition) is 1. The van der Waals surface area contributed by atoms with Crippen LogP contribution in [0.1, 0.15) is 39.7 Å². The fraction of sp³-hybridized carbons (Fsp3) is 0.500. The highest BCUT2D eigenvalue weighted by molar-refractivity contribution is 6.00. The van der Waals surface area contributed by atoms with E-state index in [0.29, 0.717) is 13.2 Å². The van der Waals surface area contributed by atoms with Crippen molar-refractivity contribution >= 4 is 5.91 Å². The Morgan fingerprint density at radius 1 is 1.32 bits per heavy atom. The summed E-state index contributed by atoms with van der Waals surface area (Å²) in [5, 5.41) is 19.6. The van der Waals surface area contributed by atoms with Crippen molar-refractivity contribution in [1.82, 2.24) is 4.90 Å². The zero-order valence-electron chi connectivity index (χ0n) is 15.3. The fourth-order valence-corrected chi connectivity index (χ4v) is 2.85. The standard InChI is InChI=1S/C20H26N2O3/c1-14(25-13-15-8-6-5-7-9-15)17-18(23)16(12-21)19(24)22(17)11-10-20(2,3)4/h5-9,14,17,23H,10-11,13H2,1-4H3/t14-,17?/m0/s1. The number of ether oxygens (including phenoxy) is 1. The molecular formula is C20H26N2O3. The van der Waals surface area contributed by atoms with Crippen LogP contribution < -0.4 is 0 Å². The second-order valence-electron chi connectivity index (χ2n) is 7.63. The Labute approximate surface area is 149 Å². The van der Waals surface area contributed by atoms with Gasteiger partial charge in [0.05, 0.1) is 12.7 Å². The fourth-order valence-electron chi connectivity index (χ4n) is 2.85. The summed E-state index contributed by atoms with van der Waals surface area (Å²) in [6.45, 7) is 8.96. The number of nitriles is 1. The van der Waals surface area contributed by atoms with Crippen LogP contribution in [0.3, 0.4) is 0 Å². The van der Waals surface area contributed by atoms with Crippen molar-refractivity contribution < 1.29 is 14.6 Å². The molecule has 0 aromatic heterocycles. The van der Waals surface area contributed by atoms with Gasteiger partial charge in [-0.3, -0.25) is 4.79 Å². The molecule has 1 amide bonds. The molecule has 1 N–H and O–H groups in total. The molecule has 1 unspecified atom stereocenters. The van der Waals surface area contributed by atoms with Crippen molar-refractivity contribution in [3.05, 3.63) is 47.2 Å². The number of rotatable bonds is 6. The predicted octanol–water partition coefficient (Wildman–Crippen LogP) is 3.57. The van der Waals surface area contributed by atoms with E-state index in [0.717, 1.165) is 12.0 Å². The van der Waals surface area contributed by atoms with E-state index in [4.69, 9.17) is 4.74 Å². The number of carbonyl (C=O) groups excluding carboxylic acids is 1. The van der Waals surface area contributed by atoms with E-state index in [1.165, 1.54) is 0 Å². The van der Waals surface area contributed by atoms with E-state index in [1.807, 2.05) is 43.3 Å². The van der Waals surface area contributed by atoms with Crippen molar-refractivity contribution in [1.29, 1.82) is 5.26 Å². The van der Waals surface area contributed by atoms with Crippen molar-refractivity contribution in [2.75, 3.05) is 6.54 Å². The van der Waals surface area contributed by atoms with Crippen LogP contribution in [0.2, 0.25) is 0 Å². The van der Waals surface area contributed by atoms with Gasteiger partial charge in [0.1, 0.15) is 17.9 Å². The number of amides is 1. The lowest BCUT2D eigenvalue weighted by molar-refractivity contribution is -0.130. The van der Waals surface area contributed by atoms with E-state index < -0.39 is 18.1 Å². The topological polar surface area (TPSA) is 73.6 Å². The Morgan fingerprint density at radius 2 is 1.96 bits per heavy atom. The molecule has 2 atom stereocenters. The summed E-state index contributed by atoms with van der Waals surface area (Å²) in [5.74, 6) is -0.591. The van der Waals surface area contributed by atoms with Crippen LogP contribution in [0.4, 0.5) is 0 Å². The third kappa shape index (κ3) is 4.61. The van der Waals surface area contributed by atoms with Crippen LogP contribution in [0.5, 0.6) is 0 Å². The molecule has 1 aliphatic rings. The normalized spacial score (nSPS) is 19.2.